The Labute approximate surface area is 310 Å². The van der Waals surface area contributed by atoms with Gasteiger partial charge < -0.3 is 19.4 Å². The zero-order chi connectivity index (χ0) is 37.0. The lowest BCUT2D eigenvalue weighted by Crippen LogP contribution is -2.49. The van der Waals surface area contributed by atoms with E-state index in [-0.39, 0.29) is 11.5 Å². The molecule has 53 heavy (non-hydrogen) atoms. The number of nitriles is 2. The minimum atomic E-state index is 0.00440. The molecule has 2 aromatic carbocycles. The fourth-order valence-electron chi connectivity index (χ4n) is 6.01. The lowest BCUT2D eigenvalue weighted by atomic mass is 10.0. The Morgan fingerprint density at radius 2 is 1.30 bits per heavy atom. The van der Waals surface area contributed by atoms with Gasteiger partial charge in [0.05, 0.1) is 24.5 Å². The van der Waals surface area contributed by atoms with E-state index in [0.29, 0.717) is 48.8 Å². The molecule has 0 radical (unpaired) electrons. The summed E-state index contributed by atoms with van der Waals surface area (Å²) in [6.07, 6.45) is 14.5. The van der Waals surface area contributed by atoms with E-state index in [0.717, 1.165) is 47.0 Å². The molecule has 4 heterocycles. The van der Waals surface area contributed by atoms with Crippen molar-refractivity contribution in [2.75, 3.05) is 36.0 Å². The molecule has 0 unspecified atom stereocenters. The number of carbonyl (C=O) groups excluding carboxylic acids is 1. The average Bonchev–Trinajstić information content (AvgIpc) is 3.20. The van der Waals surface area contributed by atoms with E-state index in [4.69, 9.17) is 4.74 Å². The van der Waals surface area contributed by atoms with E-state index in [1.54, 1.807) is 31.5 Å². The van der Waals surface area contributed by atoms with Gasteiger partial charge in [-0.1, -0.05) is 55.1 Å². The summed E-state index contributed by atoms with van der Waals surface area (Å²) in [5, 5.41) is 19.2. The van der Waals surface area contributed by atoms with Crippen LogP contribution in [0.1, 0.15) is 29.4 Å². The summed E-state index contributed by atoms with van der Waals surface area (Å²) < 4.78 is 6.19. The average molecular weight is 698 g/mol. The SMILES string of the molecule is C=C(C)C(=O)N1CCN(c2ccc(/C=C/C3=CC(=C(C#N)C#N)C=C(/C=C/c4ccc(N(Cc5ccccn5)Cc5ccccn5)cc4)O3)cc2)CC1. The zero-order valence-electron chi connectivity index (χ0n) is 29.6. The number of benzene rings is 2. The van der Waals surface area contributed by atoms with Crippen LogP contribution in [0, 0.1) is 22.7 Å². The second-order valence-corrected chi connectivity index (χ2v) is 12.7. The van der Waals surface area contributed by atoms with Crippen molar-refractivity contribution in [1.82, 2.24) is 14.9 Å². The molecular weight excluding hydrogens is 659 g/mol. The van der Waals surface area contributed by atoms with E-state index in [1.807, 2.05) is 102 Å². The largest absolute Gasteiger partial charge is 0.457 e. The molecule has 6 rings (SSSR count). The second kappa shape index (κ2) is 17.3. The fourth-order valence-corrected chi connectivity index (χ4v) is 6.01. The standard InChI is InChI=1S/C44H39N7O2/c1-33(2)44(52)50-25-23-49(24-26-50)40-15-9-34(10-16-40)13-19-42-27-36(37(29-45)30-46)28-43(53-42)20-14-35-11-17-41(18-12-35)51(31-38-7-3-5-21-47-38)32-39-8-4-6-22-48-39/h3-22,27-28H,1,23-26,31-32H2,2H3/b19-13+,20-14+. The van der Waals surface area contributed by atoms with Crippen molar-refractivity contribution >= 4 is 29.4 Å². The minimum Gasteiger partial charge on any atom is -0.457 e. The molecule has 0 bridgehead atoms. The van der Waals surface area contributed by atoms with Gasteiger partial charge in [-0.15, -0.1) is 0 Å². The molecule has 2 aliphatic rings. The normalized spacial score (nSPS) is 14.2. The maximum absolute atomic E-state index is 12.3. The van der Waals surface area contributed by atoms with Crippen LogP contribution >= 0.6 is 0 Å². The van der Waals surface area contributed by atoms with Gasteiger partial charge in [0.15, 0.2) is 0 Å². The summed E-state index contributed by atoms with van der Waals surface area (Å²) in [5.41, 5.74) is 7.02. The third kappa shape index (κ3) is 9.63. The van der Waals surface area contributed by atoms with Crippen molar-refractivity contribution in [2.24, 2.45) is 0 Å². The number of ether oxygens (including phenoxy) is 1. The first kappa shape index (κ1) is 35.8. The van der Waals surface area contributed by atoms with Crippen LogP contribution in [-0.4, -0.2) is 47.0 Å². The Hall–Kier alpha value is -6.97. The van der Waals surface area contributed by atoms with Crippen molar-refractivity contribution in [1.29, 1.82) is 10.5 Å². The van der Waals surface area contributed by atoms with Crippen LogP contribution in [-0.2, 0) is 22.6 Å². The van der Waals surface area contributed by atoms with Crippen LogP contribution in [0.2, 0.25) is 0 Å². The Morgan fingerprint density at radius 3 is 1.77 bits per heavy atom. The van der Waals surface area contributed by atoms with Crippen LogP contribution in [0.15, 0.2) is 156 Å². The van der Waals surface area contributed by atoms with E-state index >= 15 is 0 Å². The van der Waals surface area contributed by atoms with Crippen molar-refractivity contribution in [2.45, 2.75) is 20.0 Å². The maximum atomic E-state index is 12.3. The summed E-state index contributed by atoms with van der Waals surface area (Å²) in [5.74, 6) is 1.02. The summed E-state index contributed by atoms with van der Waals surface area (Å²) in [6, 6.07) is 32.2. The Morgan fingerprint density at radius 1 is 0.774 bits per heavy atom. The number of aromatic nitrogens is 2. The lowest BCUT2D eigenvalue weighted by molar-refractivity contribution is -0.127. The number of rotatable bonds is 11. The second-order valence-electron chi connectivity index (χ2n) is 12.7. The van der Waals surface area contributed by atoms with Gasteiger partial charge in [-0.05, 0) is 90.9 Å². The van der Waals surface area contributed by atoms with Gasteiger partial charge in [-0.25, -0.2) is 0 Å². The predicted molar refractivity (Wildman–Crippen MR) is 208 cm³/mol. The number of nitrogens with zero attached hydrogens (tertiary/aromatic N) is 7. The number of hydrogen-bond acceptors (Lipinski definition) is 8. The van der Waals surface area contributed by atoms with Gasteiger partial charge in [-0.3, -0.25) is 14.8 Å². The number of anilines is 2. The monoisotopic (exact) mass is 697 g/mol. The quantitative estimate of drug-likeness (QED) is 0.116. The topological polar surface area (TPSA) is 109 Å². The van der Waals surface area contributed by atoms with Crippen molar-refractivity contribution in [3.63, 3.8) is 0 Å². The van der Waals surface area contributed by atoms with Crippen LogP contribution in [0.4, 0.5) is 11.4 Å². The minimum absolute atomic E-state index is 0.00440. The molecule has 2 aromatic heterocycles. The molecule has 4 aromatic rings. The third-order valence-corrected chi connectivity index (χ3v) is 8.83. The van der Waals surface area contributed by atoms with Crippen LogP contribution in [0.3, 0.4) is 0 Å². The van der Waals surface area contributed by atoms with E-state index < -0.39 is 0 Å². The summed E-state index contributed by atoms with van der Waals surface area (Å²) in [7, 11) is 0. The molecule has 9 heteroatoms. The molecule has 2 aliphatic heterocycles. The molecule has 0 saturated carbocycles. The van der Waals surface area contributed by atoms with Gasteiger partial charge in [0.25, 0.3) is 0 Å². The first-order valence-electron chi connectivity index (χ1n) is 17.3. The van der Waals surface area contributed by atoms with Gasteiger partial charge >= 0.3 is 0 Å². The zero-order valence-corrected chi connectivity index (χ0v) is 29.6. The van der Waals surface area contributed by atoms with Gasteiger partial charge in [0.1, 0.15) is 29.2 Å². The molecule has 0 atom stereocenters. The van der Waals surface area contributed by atoms with E-state index in [2.05, 4.69) is 50.6 Å². The molecule has 1 fully saturated rings. The molecule has 262 valence electrons. The third-order valence-electron chi connectivity index (χ3n) is 8.83. The van der Waals surface area contributed by atoms with Crippen LogP contribution in [0.5, 0.6) is 0 Å². The molecule has 1 amide bonds. The first-order chi connectivity index (χ1) is 25.9. The highest BCUT2D eigenvalue weighted by atomic mass is 16.5. The van der Waals surface area contributed by atoms with Crippen LogP contribution < -0.4 is 9.80 Å². The summed E-state index contributed by atoms with van der Waals surface area (Å²) >= 11 is 0. The number of carbonyl (C=O) groups is 1. The predicted octanol–water partition coefficient (Wildman–Crippen LogP) is 7.78. The highest BCUT2D eigenvalue weighted by Crippen LogP contribution is 2.26. The maximum Gasteiger partial charge on any atom is 0.249 e. The highest BCUT2D eigenvalue weighted by molar-refractivity contribution is 5.92. The summed E-state index contributed by atoms with van der Waals surface area (Å²) in [6.45, 7) is 9.63. The molecular formula is C44H39N7O2. The molecule has 1 saturated heterocycles. The van der Waals surface area contributed by atoms with E-state index in [9.17, 15) is 15.3 Å². The Kier molecular flexibility index (Phi) is 11.7. The van der Waals surface area contributed by atoms with Crippen molar-refractivity contribution in [3.8, 4) is 12.1 Å². The number of hydrogen-bond donors (Lipinski definition) is 0. The highest BCUT2D eigenvalue weighted by Gasteiger charge is 2.21. The van der Waals surface area contributed by atoms with Crippen LogP contribution in [0.25, 0.3) is 12.2 Å². The van der Waals surface area contributed by atoms with Gasteiger partial charge in [0.2, 0.25) is 5.91 Å². The number of allylic oxidation sites excluding steroid dienone is 6. The first-order valence-corrected chi connectivity index (χ1v) is 17.3. The number of piperazine rings is 1. The van der Waals surface area contributed by atoms with E-state index in [1.165, 1.54) is 0 Å². The number of amides is 1. The molecule has 0 aliphatic carbocycles. The van der Waals surface area contributed by atoms with Crippen molar-refractivity contribution < 1.29 is 9.53 Å². The lowest BCUT2D eigenvalue weighted by Gasteiger charge is -2.36. The fraction of sp³-hybridized carbons (Fsp3) is 0.159. The molecule has 0 spiro atoms. The smallest absolute Gasteiger partial charge is 0.249 e. The van der Waals surface area contributed by atoms with Gasteiger partial charge in [0, 0.05) is 61.1 Å². The Bertz CT molecular complexity index is 2110. The molecule has 0 N–H and O–H groups in total. The van der Waals surface area contributed by atoms with Gasteiger partial charge in [-0.2, -0.15) is 10.5 Å². The number of pyridine rings is 2. The summed E-state index contributed by atoms with van der Waals surface area (Å²) in [4.78, 5) is 27.7. The Balaban J connectivity index is 1.13. The van der Waals surface area contributed by atoms with Crippen molar-refractivity contribution in [3.05, 3.63) is 179 Å². The molecule has 9 nitrogen and oxygen atoms in total.